The van der Waals surface area contributed by atoms with E-state index in [9.17, 15) is 0 Å². The molecule has 0 radical (unpaired) electrons. The van der Waals surface area contributed by atoms with E-state index in [1.165, 1.54) is 0 Å². The van der Waals surface area contributed by atoms with Crippen molar-refractivity contribution in [2.45, 2.75) is 0 Å². The Labute approximate surface area is 101 Å². The molecule has 3 rings (SSSR count). The van der Waals surface area contributed by atoms with E-state index in [1.807, 2.05) is 36.4 Å². The normalized spacial score (nSPS) is 10.4. The van der Waals surface area contributed by atoms with Gasteiger partial charge >= 0.3 is 0 Å². The maximum Gasteiger partial charge on any atom is -0.0404 e. The Hall–Kier alpha value is -2.28. The van der Waals surface area contributed by atoms with Gasteiger partial charge in [0.05, 0.1) is 0 Å². The highest BCUT2D eigenvalue weighted by Gasteiger charge is 1.93. The SMILES string of the molecule is c1ccc(-c2ccc(-c3ccccc3)[n-]2)cc1. The molecule has 82 valence electrons. The molecule has 1 heterocycles. The van der Waals surface area contributed by atoms with Crippen LogP contribution in [0.25, 0.3) is 22.5 Å². The van der Waals surface area contributed by atoms with Crippen LogP contribution in [-0.4, -0.2) is 0 Å². The molecule has 3 aromatic rings. The fourth-order valence-electron chi connectivity index (χ4n) is 1.90. The topological polar surface area (TPSA) is 14.1 Å². The molecule has 0 unspecified atom stereocenters. The summed E-state index contributed by atoms with van der Waals surface area (Å²) in [6.45, 7) is 0. The van der Waals surface area contributed by atoms with Crippen LogP contribution in [0.5, 0.6) is 0 Å². The number of hydrogen-bond donors (Lipinski definition) is 0. The monoisotopic (exact) mass is 218 g/mol. The van der Waals surface area contributed by atoms with Crippen LogP contribution in [-0.2, 0) is 0 Å². The first-order valence-corrected chi connectivity index (χ1v) is 5.68. The van der Waals surface area contributed by atoms with Gasteiger partial charge in [0.15, 0.2) is 0 Å². The maximum absolute atomic E-state index is 4.65. The lowest BCUT2D eigenvalue weighted by molar-refractivity contribution is 1.35. The van der Waals surface area contributed by atoms with E-state index in [1.54, 1.807) is 0 Å². The molecule has 0 fully saturated rings. The first-order chi connectivity index (χ1) is 8.43. The second-order valence-electron chi connectivity index (χ2n) is 3.95. The number of rotatable bonds is 2. The van der Waals surface area contributed by atoms with E-state index < -0.39 is 0 Å². The molecular formula is C16H12N-. The summed E-state index contributed by atoms with van der Waals surface area (Å²) < 4.78 is 0. The second kappa shape index (κ2) is 4.30. The molecule has 1 heteroatoms. The van der Waals surface area contributed by atoms with E-state index in [2.05, 4.69) is 41.4 Å². The lowest BCUT2D eigenvalue weighted by Crippen LogP contribution is -1.82. The Morgan fingerprint density at radius 1 is 0.471 bits per heavy atom. The smallest absolute Gasteiger partial charge is 0.0404 e. The Balaban J connectivity index is 1.99. The third-order valence-electron chi connectivity index (χ3n) is 2.78. The Morgan fingerprint density at radius 2 is 0.882 bits per heavy atom. The molecule has 0 aliphatic carbocycles. The van der Waals surface area contributed by atoms with E-state index in [4.69, 9.17) is 0 Å². The highest BCUT2D eigenvalue weighted by molar-refractivity contribution is 5.67. The van der Waals surface area contributed by atoms with Crippen molar-refractivity contribution < 1.29 is 0 Å². The fourth-order valence-corrected chi connectivity index (χ4v) is 1.90. The zero-order chi connectivity index (χ0) is 11.5. The number of hydrogen-bond acceptors (Lipinski definition) is 0. The summed E-state index contributed by atoms with van der Waals surface area (Å²) in [5, 5.41) is 0. The van der Waals surface area contributed by atoms with Crippen molar-refractivity contribution in [2.75, 3.05) is 0 Å². The van der Waals surface area contributed by atoms with Crippen LogP contribution in [0.1, 0.15) is 0 Å². The van der Waals surface area contributed by atoms with Gasteiger partial charge in [-0.15, -0.1) is 11.4 Å². The van der Waals surface area contributed by atoms with Gasteiger partial charge in [0.2, 0.25) is 0 Å². The van der Waals surface area contributed by atoms with Gasteiger partial charge in [-0.25, -0.2) is 0 Å². The summed E-state index contributed by atoms with van der Waals surface area (Å²) in [4.78, 5) is 4.65. The molecule has 0 amide bonds. The highest BCUT2D eigenvalue weighted by Crippen LogP contribution is 2.22. The van der Waals surface area contributed by atoms with Crippen LogP contribution < -0.4 is 4.98 Å². The van der Waals surface area contributed by atoms with Crippen molar-refractivity contribution in [3.8, 4) is 22.5 Å². The van der Waals surface area contributed by atoms with Crippen molar-refractivity contribution in [1.29, 1.82) is 0 Å². The molecule has 0 spiro atoms. The molecule has 0 aliphatic rings. The minimum Gasteiger partial charge on any atom is -0.657 e. The molecule has 1 nitrogen and oxygen atoms in total. The first kappa shape index (κ1) is 9.91. The van der Waals surface area contributed by atoms with Crippen LogP contribution in [0.4, 0.5) is 0 Å². The van der Waals surface area contributed by atoms with E-state index in [-0.39, 0.29) is 0 Å². The molecule has 0 bridgehead atoms. The van der Waals surface area contributed by atoms with Crippen LogP contribution in [0, 0.1) is 0 Å². The molecule has 1 aromatic heterocycles. The quantitative estimate of drug-likeness (QED) is 0.634. The first-order valence-electron chi connectivity index (χ1n) is 5.68. The Kier molecular flexibility index (Phi) is 2.51. The number of benzene rings is 2. The zero-order valence-electron chi connectivity index (χ0n) is 9.38. The van der Waals surface area contributed by atoms with Crippen LogP contribution in [0.15, 0.2) is 72.8 Å². The number of nitrogens with zero attached hydrogens (tertiary/aromatic N) is 1. The second-order valence-corrected chi connectivity index (χ2v) is 3.95. The minimum absolute atomic E-state index is 1.03. The fraction of sp³-hybridized carbons (Fsp3) is 0. The molecular weight excluding hydrogens is 206 g/mol. The van der Waals surface area contributed by atoms with Crippen LogP contribution in [0.3, 0.4) is 0 Å². The molecule has 17 heavy (non-hydrogen) atoms. The van der Waals surface area contributed by atoms with E-state index in [0.717, 1.165) is 22.5 Å². The van der Waals surface area contributed by atoms with Crippen LogP contribution in [0.2, 0.25) is 0 Å². The molecule has 0 N–H and O–H groups in total. The van der Waals surface area contributed by atoms with Crippen LogP contribution >= 0.6 is 0 Å². The zero-order valence-corrected chi connectivity index (χ0v) is 9.38. The molecule has 0 saturated heterocycles. The van der Waals surface area contributed by atoms with Gasteiger partial charge < -0.3 is 4.98 Å². The Morgan fingerprint density at radius 3 is 1.29 bits per heavy atom. The largest absolute Gasteiger partial charge is 0.657 e. The van der Waals surface area contributed by atoms with Crippen molar-refractivity contribution in [1.82, 2.24) is 4.98 Å². The average molecular weight is 218 g/mol. The average Bonchev–Trinajstić information content (AvgIpc) is 2.90. The van der Waals surface area contributed by atoms with Gasteiger partial charge in [-0.1, -0.05) is 72.8 Å². The summed E-state index contributed by atoms with van der Waals surface area (Å²) in [6, 6.07) is 24.6. The van der Waals surface area contributed by atoms with Crippen molar-refractivity contribution >= 4 is 0 Å². The summed E-state index contributed by atoms with van der Waals surface area (Å²) in [5.41, 5.74) is 4.39. The van der Waals surface area contributed by atoms with Gasteiger partial charge in [-0.2, -0.15) is 0 Å². The van der Waals surface area contributed by atoms with Crippen molar-refractivity contribution in [3.05, 3.63) is 72.8 Å². The third kappa shape index (κ3) is 2.00. The van der Waals surface area contributed by atoms with Gasteiger partial charge in [-0.05, 0) is 11.1 Å². The molecule has 2 aromatic carbocycles. The van der Waals surface area contributed by atoms with Gasteiger partial charge in [0, 0.05) is 0 Å². The molecule has 0 saturated carbocycles. The van der Waals surface area contributed by atoms with Crippen molar-refractivity contribution in [2.24, 2.45) is 0 Å². The predicted octanol–water partition coefficient (Wildman–Crippen LogP) is 3.98. The standard InChI is InChI=1S/C16H12N/c1-3-7-13(8-4-1)15-11-12-16(17-15)14-9-5-2-6-10-14/h1-12H/q-1. The predicted molar refractivity (Wildman–Crippen MR) is 70.6 cm³/mol. The summed E-state index contributed by atoms with van der Waals surface area (Å²) in [6.07, 6.45) is 0. The lowest BCUT2D eigenvalue weighted by Gasteiger charge is -2.10. The lowest BCUT2D eigenvalue weighted by atomic mass is 10.2. The summed E-state index contributed by atoms with van der Waals surface area (Å²) in [5.74, 6) is 0. The molecule has 0 atom stereocenters. The molecule has 0 aliphatic heterocycles. The van der Waals surface area contributed by atoms with E-state index in [0.29, 0.717) is 0 Å². The third-order valence-corrected chi connectivity index (χ3v) is 2.78. The van der Waals surface area contributed by atoms with Gasteiger partial charge in [0.25, 0.3) is 0 Å². The summed E-state index contributed by atoms with van der Waals surface area (Å²) in [7, 11) is 0. The van der Waals surface area contributed by atoms with Crippen molar-refractivity contribution in [3.63, 3.8) is 0 Å². The number of aromatic nitrogens is 1. The maximum atomic E-state index is 4.65. The van der Waals surface area contributed by atoms with Gasteiger partial charge in [-0.3, -0.25) is 0 Å². The van der Waals surface area contributed by atoms with Gasteiger partial charge in [0.1, 0.15) is 0 Å². The van der Waals surface area contributed by atoms with E-state index >= 15 is 0 Å². The summed E-state index contributed by atoms with van der Waals surface area (Å²) >= 11 is 0. The highest BCUT2D eigenvalue weighted by atomic mass is 14.7. The Bertz CT molecular complexity index is 540. The minimum atomic E-state index is 1.03.